The first-order valence-corrected chi connectivity index (χ1v) is 10.7. The standard InChI is InChI=1S/C25H29N3O2/c1-14-15(2)24-21(16(3)23(14)29)19(25(4,5)30-24)13-28-20(10-12-27-28)18-8-6-7-17-9-11-26-22(17)18/h6-8,10,12,19,26,29H,9,11,13H2,1-5H3/t19-/m0/s1. The maximum Gasteiger partial charge on any atom is 0.127 e. The summed E-state index contributed by atoms with van der Waals surface area (Å²) in [5.41, 5.74) is 8.44. The molecule has 3 aromatic rings. The fraction of sp³-hybridized carbons (Fsp3) is 0.400. The van der Waals surface area contributed by atoms with Crippen LogP contribution in [0.3, 0.4) is 0 Å². The number of aromatic hydroxyl groups is 1. The summed E-state index contributed by atoms with van der Waals surface area (Å²) in [5, 5.41) is 18.9. The molecule has 0 fully saturated rings. The zero-order chi connectivity index (χ0) is 21.2. The van der Waals surface area contributed by atoms with Crippen molar-refractivity contribution >= 4 is 5.69 Å². The minimum Gasteiger partial charge on any atom is -0.507 e. The van der Waals surface area contributed by atoms with Crippen LogP contribution in [0.1, 0.15) is 47.6 Å². The van der Waals surface area contributed by atoms with Gasteiger partial charge in [0.2, 0.25) is 0 Å². The van der Waals surface area contributed by atoms with Gasteiger partial charge in [0.1, 0.15) is 17.1 Å². The quantitative estimate of drug-likeness (QED) is 0.638. The van der Waals surface area contributed by atoms with Crippen molar-refractivity contribution < 1.29 is 9.84 Å². The van der Waals surface area contributed by atoms with Gasteiger partial charge in [0.25, 0.3) is 0 Å². The molecule has 5 rings (SSSR count). The zero-order valence-electron chi connectivity index (χ0n) is 18.3. The van der Waals surface area contributed by atoms with Crippen LogP contribution < -0.4 is 10.1 Å². The van der Waals surface area contributed by atoms with E-state index in [4.69, 9.17) is 4.74 Å². The second-order valence-corrected chi connectivity index (χ2v) is 9.14. The number of nitrogens with one attached hydrogen (secondary N) is 1. The molecule has 2 aliphatic rings. The number of phenolic OH excluding ortho intramolecular Hbond substituents is 1. The molecule has 0 bridgehead atoms. The lowest BCUT2D eigenvalue weighted by Crippen LogP contribution is -2.33. The van der Waals surface area contributed by atoms with E-state index in [1.807, 2.05) is 27.0 Å². The average Bonchev–Trinajstić information content (AvgIpc) is 3.43. The van der Waals surface area contributed by atoms with Gasteiger partial charge in [0.15, 0.2) is 0 Å². The van der Waals surface area contributed by atoms with Gasteiger partial charge in [0, 0.05) is 35.5 Å². The monoisotopic (exact) mass is 403 g/mol. The third-order valence-corrected chi connectivity index (χ3v) is 7.01. The molecule has 0 spiro atoms. The van der Waals surface area contributed by atoms with Crippen LogP contribution in [0, 0.1) is 20.8 Å². The van der Waals surface area contributed by atoms with Gasteiger partial charge < -0.3 is 15.2 Å². The van der Waals surface area contributed by atoms with Crippen molar-refractivity contribution in [1.82, 2.24) is 9.78 Å². The number of hydrogen-bond donors (Lipinski definition) is 2. The first-order chi connectivity index (χ1) is 14.3. The highest BCUT2D eigenvalue weighted by atomic mass is 16.5. The van der Waals surface area contributed by atoms with Crippen LogP contribution in [-0.2, 0) is 13.0 Å². The van der Waals surface area contributed by atoms with E-state index in [9.17, 15) is 5.11 Å². The first-order valence-electron chi connectivity index (χ1n) is 10.7. The Hall–Kier alpha value is -2.95. The molecule has 30 heavy (non-hydrogen) atoms. The normalized spacial score (nSPS) is 18.6. The smallest absolute Gasteiger partial charge is 0.127 e. The largest absolute Gasteiger partial charge is 0.507 e. The number of phenols is 1. The Balaban J connectivity index is 1.60. The molecule has 0 unspecified atom stereocenters. The summed E-state index contributed by atoms with van der Waals surface area (Å²) in [7, 11) is 0. The number of nitrogens with zero attached hydrogens (tertiary/aromatic N) is 2. The first kappa shape index (κ1) is 19.0. The topological polar surface area (TPSA) is 59.3 Å². The Kier molecular flexibility index (Phi) is 4.14. The van der Waals surface area contributed by atoms with Crippen molar-refractivity contribution in [2.24, 2.45) is 0 Å². The molecular formula is C25H29N3O2. The third-order valence-electron chi connectivity index (χ3n) is 7.01. The van der Waals surface area contributed by atoms with Crippen LogP contribution >= 0.6 is 0 Å². The van der Waals surface area contributed by atoms with Crippen molar-refractivity contribution in [2.45, 2.75) is 59.1 Å². The van der Waals surface area contributed by atoms with Gasteiger partial charge in [0.05, 0.1) is 12.2 Å². The molecule has 156 valence electrons. The van der Waals surface area contributed by atoms with E-state index in [-0.39, 0.29) is 5.92 Å². The number of fused-ring (bicyclic) bond motifs is 2. The molecule has 5 nitrogen and oxygen atoms in total. The Morgan fingerprint density at radius 1 is 1.17 bits per heavy atom. The summed E-state index contributed by atoms with van der Waals surface area (Å²) in [6.45, 7) is 11.9. The van der Waals surface area contributed by atoms with Crippen LogP contribution in [0.4, 0.5) is 5.69 Å². The molecule has 0 saturated carbocycles. The second-order valence-electron chi connectivity index (χ2n) is 9.14. The van der Waals surface area contributed by atoms with E-state index in [2.05, 4.69) is 53.2 Å². The third kappa shape index (κ3) is 2.64. The minimum absolute atomic E-state index is 0.0843. The number of anilines is 1. The van der Waals surface area contributed by atoms with Crippen molar-refractivity contribution in [1.29, 1.82) is 0 Å². The number of para-hydroxylation sites is 1. The lowest BCUT2D eigenvalue weighted by atomic mass is 9.83. The molecule has 3 heterocycles. The van der Waals surface area contributed by atoms with Gasteiger partial charge in [-0.2, -0.15) is 5.10 Å². The Morgan fingerprint density at radius 2 is 1.97 bits per heavy atom. The maximum atomic E-state index is 10.7. The Morgan fingerprint density at radius 3 is 2.77 bits per heavy atom. The molecule has 2 aliphatic heterocycles. The van der Waals surface area contributed by atoms with E-state index in [1.54, 1.807) is 0 Å². The Bertz CT molecular complexity index is 1160. The van der Waals surface area contributed by atoms with Gasteiger partial charge in [-0.1, -0.05) is 18.2 Å². The molecule has 1 atom stereocenters. The molecule has 0 radical (unpaired) electrons. The highest BCUT2D eigenvalue weighted by Crippen LogP contribution is 2.52. The second kappa shape index (κ2) is 6.53. The summed E-state index contributed by atoms with van der Waals surface area (Å²) in [6, 6.07) is 8.58. The molecule has 2 N–H and O–H groups in total. The summed E-state index contributed by atoms with van der Waals surface area (Å²) < 4.78 is 8.55. The zero-order valence-corrected chi connectivity index (χ0v) is 18.3. The highest BCUT2D eigenvalue weighted by molar-refractivity contribution is 5.80. The molecule has 5 heteroatoms. The van der Waals surface area contributed by atoms with Gasteiger partial charge in [-0.3, -0.25) is 4.68 Å². The van der Waals surface area contributed by atoms with Gasteiger partial charge in [-0.25, -0.2) is 0 Å². The fourth-order valence-corrected chi connectivity index (χ4v) is 5.11. The molecule has 2 aromatic carbocycles. The SMILES string of the molecule is Cc1c(C)c2c(c(C)c1O)[C@H](Cn1nccc1-c1cccc3c1NCC3)C(C)(C)O2. The van der Waals surface area contributed by atoms with Crippen LogP contribution in [0.15, 0.2) is 30.5 Å². The van der Waals surface area contributed by atoms with E-state index in [1.165, 1.54) is 16.8 Å². The van der Waals surface area contributed by atoms with Crippen molar-refractivity contribution in [3.8, 4) is 22.8 Å². The van der Waals surface area contributed by atoms with Gasteiger partial charge >= 0.3 is 0 Å². The minimum atomic E-state index is -0.391. The summed E-state index contributed by atoms with van der Waals surface area (Å²) in [4.78, 5) is 0. The van der Waals surface area contributed by atoms with Crippen molar-refractivity contribution in [2.75, 3.05) is 11.9 Å². The molecule has 1 aromatic heterocycles. The van der Waals surface area contributed by atoms with Crippen LogP contribution in [0.2, 0.25) is 0 Å². The van der Waals surface area contributed by atoms with Crippen molar-refractivity contribution in [3.63, 3.8) is 0 Å². The molecular weight excluding hydrogens is 374 g/mol. The highest BCUT2D eigenvalue weighted by Gasteiger charge is 2.44. The van der Waals surface area contributed by atoms with Crippen LogP contribution in [-0.4, -0.2) is 27.0 Å². The lowest BCUT2D eigenvalue weighted by molar-refractivity contribution is 0.101. The molecule has 0 saturated heterocycles. The van der Waals surface area contributed by atoms with E-state index >= 15 is 0 Å². The Labute approximate surface area is 177 Å². The lowest BCUT2D eigenvalue weighted by Gasteiger charge is -2.27. The number of ether oxygens (including phenoxy) is 1. The summed E-state index contributed by atoms with van der Waals surface area (Å²) in [5.74, 6) is 1.39. The van der Waals surface area contributed by atoms with Crippen LogP contribution in [0.25, 0.3) is 11.3 Å². The molecule has 0 aliphatic carbocycles. The predicted molar refractivity (Wildman–Crippen MR) is 120 cm³/mol. The predicted octanol–water partition coefficient (Wildman–Crippen LogP) is 5.10. The van der Waals surface area contributed by atoms with E-state index in [0.29, 0.717) is 12.3 Å². The molecule has 0 amide bonds. The number of rotatable bonds is 3. The van der Waals surface area contributed by atoms with E-state index < -0.39 is 5.60 Å². The van der Waals surface area contributed by atoms with Crippen LogP contribution in [0.5, 0.6) is 11.5 Å². The summed E-state index contributed by atoms with van der Waals surface area (Å²) >= 11 is 0. The number of aromatic nitrogens is 2. The number of benzene rings is 2. The van der Waals surface area contributed by atoms with Gasteiger partial charge in [-0.15, -0.1) is 0 Å². The van der Waals surface area contributed by atoms with Gasteiger partial charge in [-0.05, 0) is 69.4 Å². The summed E-state index contributed by atoms with van der Waals surface area (Å²) in [6.07, 6.45) is 2.93. The maximum absolute atomic E-state index is 10.7. The van der Waals surface area contributed by atoms with Crippen molar-refractivity contribution in [3.05, 3.63) is 58.3 Å². The number of hydrogen-bond acceptors (Lipinski definition) is 4. The average molecular weight is 404 g/mol. The van der Waals surface area contributed by atoms with E-state index in [0.717, 1.165) is 46.7 Å². The fourth-order valence-electron chi connectivity index (χ4n) is 5.11.